The van der Waals surface area contributed by atoms with E-state index in [1.54, 1.807) is 25.3 Å². The SMILES string of the molecule is COc1ccc2c(O[C@@H]3C[C@H]4C(=O)N[C@]5(C(=O)NS(=O)(=O)C6CC6)C[C@@H]5/C=C\CCCCC[C@H](Nc5cccc(C(F)(F)F)c5)C(=O)N4C3)cc(-c3ccccc3)nc2c1. The number of halogens is 3. The molecule has 2 aliphatic carbocycles. The Labute approximate surface area is 346 Å². The quantitative estimate of drug-likeness (QED) is 0.155. The molecule has 3 aromatic carbocycles. The van der Waals surface area contributed by atoms with Crippen LogP contribution in [0, 0.1) is 5.92 Å². The van der Waals surface area contributed by atoms with E-state index in [1.807, 2.05) is 48.6 Å². The van der Waals surface area contributed by atoms with Crippen LogP contribution < -0.4 is 24.8 Å². The number of sulfonamides is 1. The number of nitrogens with one attached hydrogen (secondary N) is 3. The molecule has 3 amide bonds. The van der Waals surface area contributed by atoms with Crippen molar-refractivity contribution in [1.82, 2.24) is 19.9 Å². The van der Waals surface area contributed by atoms with Crippen LogP contribution >= 0.6 is 0 Å². The number of ether oxygens (including phenoxy) is 2. The standard InChI is InChI=1S/C44H46F3N5O7S/c1-58-31-17-20-34-37(22-31)49-36(27-11-6-5-7-12-27)24-39(34)59-32-23-38-40(53)50-43(42(55)51-60(56,57)33-18-19-33)25-29(43)13-8-3-2-4-9-16-35(41(54)52(38)26-32)48-30-15-10-14-28(21-30)44(45,46)47/h5-8,10-15,17,20-22,24,29,32-33,35,38,48H,2-4,9,16,18-19,23,25-26H2,1H3,(H,50,53)(H,51,55)/b13-8-/t29-,32+,35-,38-,43+/m0/s1. The zero-order valence-electron chi connectivity index (χ0n) is 32.9. The number of nitrogens with zero attached hydrogens (tertiary/aromatic N) is 2. The summed E-state index contributed by atoms with van der Waals surface area (Å²) in [6.07, 6.45) is 2.30. The molecule has 4 aromatic rings. The first-order valence-corrected chi connectivity index (χ1v) is 21.8. The third-order valence-corrected chi connectivity index (χ3v) is 13.5. The summed E-state index contributed by atoms with van der Waals surface area (Å²) >= 11 is 0. The van der Waals surface area contributed by atoms with Crippen molar-refractivity contribution >= 4 is 44.3 Å². The summed E-state index contributed by atoms with van der Waals surface area (Å²) < 4.78 is 81.5. The van der Waals surface area contributed by atoms with Gasteiger partial charge in [0.2, 0.25) is 21.8 Å². The van der Waals surface area contributed by atoms with Crippen molar-refractivity contribution in [2.75, 3.05) is 19.0 Å². The number of benzene rings is 3. The van der Waals surface area contributed by atoms with Crippen LogP contribution in [-0.2, 0) is 30.6 Å². The van der Waals surface area contributed by atoms with Gasteiger partial charge in [0.1, 0.15) is 35.2 Å². The number of aromatic nitrogens is 1. The minimum absolute atomic E-state index is 0.00687. The Hall–Kier alpha value is -5.64. The average molecular weight is 846 g/mol. The van der Waals surface area contributed by atoms with Crippen molar-refractivity contribution in [2.45, 2.75) is 92.9 Å². The maximum absolute atomic E-state index is 14.8. The van der Waals surface area contributed by atoms with Crippen LogP contribution in [0.25, 0.3) is 22.2 Å². The van der Waals surface area contributed by atoms with Gasteiger partial charge < -0.3 is 25.0 Å². The van der Waals surface area contributed by atoms with E-state index in [4.69, 9.17) is 14.5 Å². The molecule has 60 heavy (non-hydrogen) atoms. The molecule has 1 aromatic heterocycles. The lowest BCUT2D eigenvalue weighted by molar-refractivity contribution is -0.140. The molecule has 8 rings (SSSR count). The first kappa shape index (κ1) is 41.1. The first-order valence-electron chi connectivity index (χ1n) is 20.2. The normalized spacial score (nSPS) is 25.5. The van der Waals surface area contributed by atoms with Crippen LogP contribution in [0.15, 0.2) is 91.0 Å². The van der Waals surface area contributed by atoms with E-state index < -0.39 is 74.4 Å². The van der Waals surface area contributed by atoms with Crippen LogP contribution in [0.3, 0.4) is 0 Å². The van der Waals surface area contributed by atoms with E-state index in [-0.39, 0.29) is 31.5 Å². The summed E-state index contributed by atoms with van der Waals surface area (Å²) in [4.78, 5) is 49.5. The van der Waals surface area contributed by atoms with Crippen LogP contribution in [0.1, 0.15) is 63.4 Å². The number of pyridine rings is 1. The number of carbonyl (C=O) groups excluding carboxylic acids is 3. The highest BCUT2D eigenvalue weighted by Crippen LogP contribution is 2.46. The molecule has 5 atom stereocenters. The third kappa shape index (κ3) is 8.79. The Kier molecular flexibility index (Phi) is 11.3. The molecule has 2 saturated carbocycles. The second kappa shape index (κ2) is 16.4. The van der Waals surface area contributed by atoms with E-state index in [0.29, 0.717) is 60.2 Å². The van der Waals surface area contributed by atoms with E-state index in [1.165, 1.54) is 17.0 Å². The number of carbonyl (C=O) groups is 3. The Bertz CT molecular complexity index is 2430. The van der Waals surface area contributed by atoms with E-state index in [2.05, 4.69) is 15.4 Å². The summed E-state index contributed by atoms with van der Waals surface area (Å²) in [7, 11) is -2.40. The summed E-state index contributed by atoms with van der Waals surface area (Å²) in [6.45, 7) is -0.0725. The zero-order valence-corrected chi connectivity index (χ0v) is 33.7. The van der Waals surface area contributed by atoms with E-state index >= 15 is 0 Å². The molecule has 2 aliphatic heterocycles. The fraction of sp³-hybridized carbons (Fsp3) is 0.409. The highest BCUT2D eigenvalue weighted by molar-refractivity contribution is 7.91. The van der Waals surface area contributed by atoms with Gasteiger partial charge in [0.25, 0.3) is 5.91 Å². The second-order valence-electron chi connectivity index (χ2n) is 16.0. The van der Waals surface area contributed by atoms with Gasteiger partial charge in [-0.2, -0.15) is 13.2 Å². The van der Waals surface area contributed by atoms with Gasteiger partial charge in [-0.25, -0.2) is 13.4 Å². The third-order valence-electron chi connectivity index (χ3n) is 11.7. The molecule has 0 radical (unpaired) electrons. The van der Waals surface area contributed by atoms with Crippen molar-refractivity contribution in [3.05, 3.63) is 96.6 Å². The maximum atomic E-state index is 14.8. The number of alkyl halides is 3. The van der Waals surface area contributed by atoms with E-state index in [0.717, 1.165) is 24.1 Å². The van der Waals surface area contributed by atoms with Crippen molar-refractivity contribution in [3.8, 4) is 22.8 Å². The Balaban J connectivity index is 1.14. The highest BCUT2D eigenvalue weighted by Gasteiger charge is 2.62. The van der Waals surface area contributed by atoms with Gasteiger partial charge in [-0.05, 0) is 68.9 Å². The number of allylic oxidation sites excluding steroid dienone is 1. The molecule has 0 unspecified atom stereocenters. The Morgan fingerprint density at radius 1 is 0.967 bits per heavy atom. The molecule has 4 aliphatic rings. The Morgan fingerprint density at radius 2 is 1.77 bits per heavy atom. The lowest BCUT2D eigenvalue weighted by atomic mass is 10.0. The topological polar surface area (TPSA) is 156 Å². The number of fused-ring (bicyclic) bond motifs is 3. The van der Waals surface area contributed by atoms with Gasteiger partial charge in [-0.15, -0.1) is 0 Å². The molecule has 0 spiro atoms. The van der Waals surface area contributed by atoms with E-state index in [9.17, 15) is 36.0 Å². The fourth-order valence-corrected chi connectivity index (χ4v) is 9.53. The van der Waals surface area contributed by atoms with Gasteiger partial charge in [-0.3, -0.25) is 19.1 Å². The second-order valence-corrected chi connectivity index (χ2v) is 18.0. The largest absolute Gasteiger partial charge is 0.497 e. The predicted molar refractivity (Wildman–Crippen MR) is 218 cm³/mol. The lowest BCUT2D eigenvalue weighted by Gasteiger charge is -2.30. The van der Waals surface area contributed by atoms with Crippen molar-refractivity contribution in [2.24, 2.45) is 5.92 Å². The molecule has 12 nitrogen and oxygen atoms in total. The maximum Gasteiger partial charge on any atom is 0.416 e. The Morgan fingerprint density at radius 3 is 2.52 bits per heavy atom. The van der Waals surface area contributed by atoms with Crippen LogP contribution in [-0.4, -0.2) is 78.7 Å². The van der Waals surface area contributed by atoms with Gasteiger partial charge in [0, 0.05) is 41.1 Å². The van der Waals surface area contributed by atoms with Crippen molar-refractivity contribution in [3.63, 3.8) is 0 Å². The number of anilines is 1. The molecule has 16 heteroatoms. The summed E-state index contributed by atoms with van der Waals surface area (Å²) in [5, 5.41) is 5.90. The molecule has 316 valence electrons. The summed E-state index contributed by atoms with van der Waals surface area (Å²) in [6, 6.07) is 19.1. The number of amides is 3. The van der Waals surface area contributed by atoms with Gasteiger partial charge in [0.15, 0.2) is 0 Å². The highest BCUT2D eigenvalue weighted by atomic mass is 32.2. The molecule has 3 heterocycles. The van der Waals surface area contributed by atoms with Gasteiger partial charge >= 0.3 is 6.18 Å². The first-order chi connectivity index (χ1) is 28.7. The van der Waals surface area contributed by atoms with Crippen molar-refractivity contribution < 1.29 is 45.4 Å². The monoisotopic (exact) mass is 845 g/mol. The van der Waals surface area contributed by atoms with Crippen LogP contribution in [0.5, 0.6) is 11.5 Å². The minimum Gasteiger partial charge on any atom is -0.497 e. The van der Waals surface area contributed by atoms with Crippen LogP contribution in [0.2, 0.25) is 0 Å². The molecular weight excluding hydrogens is 800 g/mol. The number of rotatable bonds is 9. The molecule has 1 saturated heterocycles. The minimum atomic E-state index is -4.61. The summed E-state index contributed by atoms with van der Waals surface area (Å²) in [5.41, 5.74) is -0.328. The van der Waals surface area contributed by atoms with Gasteiger partial charge in [-0.1, -0.05) is 61.4 Å². The predicted octanol–water partition coefficient (Wildman–Crippen LogP) is 6.76. The average Bonchev–Trinajstić information content (AvgIpc) is 4.16. The lowest BCUT2D eigenvalue weighted by Crippen LogP contribution is -2.57. The van der Waals surface area contributed by atoms with Gasteiger partial charge in [0.05, 0.1) is 35.7 Å². The number of hydrogen-bond donors (Lipinski definition) is 3. The molecule has 3 fully saturated rings. The van der Waals surface area contributed by atoms with Crippen molar-refractivity contribution in [1.29, 1.82) is 0 Å². The fourth-order valence-electron chi connectivity index (χ4n) is 8.17. The molecule has 3 N–H and O–H groups in total. The molecule has 0 bridgehead atoms. The van der Waals surface area contributed by atoms with Crippen LogP contribution in [0.4, 0.5) is 18.9 Å². The number of methoxy groups -OCH3 is 1. The summed E-state index contributed by atoms with van der Waals surface area (Å²) in [5.74, 6) is -1.49. The molecular formula is C44H46F3N5O7S. The zero-order chi connectivity index (χ0) is 42.2. The smallest absolute Gasteiger partial charge is 0.416 e. The number of hydrogen-bond acceptors (Lipinski definition) is 9.